The van der Waals surface area contributed by atoms with Crippen molar-refractivity contribution < 1.29 is 9.53 Å². The molecule has 0 aliphatic carbocycles. The number of amides is 1. The predicted octanol–water partition coefficient (Wildman–Crippen LogP) is 2.49. The first-order valence-electron chi connectivity index (χ1n) is 8.40. The molecule has 1 aliphatic rings. The van der Waals surface area contributed by atoms with Gasteiger partial charge in [-0.15, -0.1) is 11.3 Å². The van der Waals surface area contributed by atoms with Crippen molar-refractivity contribution in [2.24, 2.45) is 10.7 Å². The molecular formula is C16H27N5O2S2. The number of carbonyl (C=O) groups is 1. The van der Waals surface area contributed by atoms with Crippen molar-refractivity contribution in [1.29, 1.82) is 0 Å². The van der Waals surface area contributed by atoms with Crippen molar-refractivity contribution in [2.75, 3.05) is 38.5 Å². The Morgan fingerprint density at radius 3 is 2.64 bits per heavy atom. The molecule has 0 bridgehead atoms. The Labute approximate surface area is 157 Å². The number of ether oxygens (including phenoxy) is 1. The zero-order valence-corrected chi connectivity index (χ0v) is 16.7. The minimum Gasteiger partial charge on any atom is -0.444 e. The van der Waals surface area contributed by atoms with Crippen LogP contribution in [0.3, 0.4) is 0 Å². The van der Waals surface area contributed by atoms with Crippen LogP contribution < -0.4 is 5.73 Å². The van der Waals surface area contributed by atoms with Crippen molar-refractivity contribution in [2.45, 2.75) is 37.1 Å². The normalized spacial score (nSPS) is 16.2. The maximum absolute atomic E-state index is 12.0. The number of piperazine rings is 1. The molecule has 9 heteroatoms. The third kappa shape index (κ3) is 7.11. The molecule has 0 aromatic carbocycles. The highest BCUT2D eigenvalue weighted by Gasteiger charge is 2.26. The van der Waals surface area contributed by atoms with E-state index in [9.17, 15) is 4.79 Å². The Bertz CT molecular complexity index is 564. The molecule has 2 heterocycles. The summed E-state index contributed by atoms with van der Waals surface area (Å²) in [5, 5.41) is 1.98. The van der Waals surface area contributed by atoms with Crippen molar-refractivity contribution in [3.05, 3.63) is 11.6 Å². The zero-order valence-electron chi connectivity index (χ0n) is 15.1. The van der Waals surface area contributed by atoms with Crippen LogP contribution in [0.2, 0.25) is 0 Å². The number of hydrogen-bond donors (Lipinski definition) is 1. The van der Waals surface area contributed by atoms with Crippen molar-refractivity contribution in [3.63, 3.8) is 0 Å². The standard InChI is InChI=1S/C16H27N5O2S2/c1-16(2,3)23-15(22)21-9-7-20(8-10-21)13(17)18-5-4-11-24-14-19-6-12-25-14/h6,12H,4-5,7-11H2,1-3H3,(H2,17,18). The lowest BCUT2D eigenvalue weighted by Gasteiger charge is -2.36. The first-order chi connectivity index (χ1) is 11.8. The van der Waals surface area contributed by atoms with Gasteiger partial charge in [-0.25, -0.2) is 9.78 Å². The van der Waals surface area contributed by atoms with Crippen LogP contribution in [0.15, 0.2) is 20.9 Å². The second kappa shape index (κ2) is 9.28. The van der Waals surface area contributed by atoms with Crippen molar-refractivity contribution in [3.8, 4) is 0 Å². The van der Waals surface area contributed by atoms with Gasteiger partial charge in [-0.3, -0.25) is 4.99 Å². The van der Waals surface area contributed by atoms with E-state index in [2.05, 4.69) is 9.98 Å². The molecular weight excluding hydrogens is 358 g/mol. The van der Waals surface area contributed by atoms with E-state index in [1.54, 1.807) is 28.0 Å². The van der Waals surface area contributed by atoms with E-state index in [-0.39, 0.29) is 6.09 Å². The van der Waals surface area contributed by atoms with E-state index in [1.807, 2.05) is 37.2 Å². The molecule has 0 unspecified atom stereocenters. The van der Waals surface area contributed by atoms with E-state index in [0.29, 0.717) is 38.7 Å². The maximum atomic E-state index is 12.0. The average molecular weight is 386 g/mol. The van der Waals surface area contributed by atoms with Gasteiger partial charge in [0.25, 0.3) is 0 Å². The monoisotopic (exact) mass is 385 g/mol. The number of hydrogen-bond acceptors (Lipinski definition) is 6. The van der Waals surface area contributed by atoms with Crippen molar-refractivity contribution in [1.82, 2.24) is 14.8 Å². The predicted molar refractivity (Wildman–Crippen MR) is 103 cm³/mol. The highest BCUT2D eigenvalue weighted by molar-refractivity contribution is 8.00. The molecule has 25 heavy (non-hydrogen) atoms. The summed E-state index contributed by atoms with van der Waals surface area (Å²) in [6.45, 7) is 8.90. The fraction of sp³-hybridized carbons (Fsp3) is 0.688. The largest absolute Gasteiger partial charge is 0.444 e. The van der Waals surface area contributed by atoms with Gasteiger partial charge in [-0.2, -0.15) is 0 Å². The third-order valence-electron chi connectivity index (χ3n) is 3.47. The molecule has 0 saturated carbocycles. The summed E-state index contributed by atoms with van der Waals surface area (Å²) in [6.07, 6.45) is 2.52. The summed E-state index contributed by atoms with van der Waals surface area (Å²) in [5.41, 5.74) is 5.61. The van der Waals surface area contributed by atoms with E-state index in [0.717, 1.165) is 16.5 Å². The highest BCUT2D eigenvalue weighted by atomic mass is 32.2. The smallest absolute Gasteiger partial charge is 0.410 e. The van der Waals surface area contributed by atoms with Gasteiger partial charge >= 0.3 is 6.09 Å². The number of aliphatic imine (C=N–C) groups is 1. The van der Waals surface area contributed by atoms with Gasteiger partial charge in [0.05, 0.1) is 0 Å². The molecule has 1 aromatic rings. The Balaban J connectivity index is 1.66. The molecule has 1 saturated heterocycles. The van der Waals surface area contributed by atoms with Crippen LogP contribution in [-0.4, -0.2) is 70.9 Å². The van der Waals surface area contributed by atoms with E-state index in [4.69, 9.17) is 10.5 Å². The summed E-state index contributed by atoms with van der Waals surface area (Å²) in [7, 11) is 0. The minimum absolute atomic E-state index is 0.262. The lowest BCUT2D eigenvalue weighted by molar-refractivity contribution is 0.0186. The van der Waals surface area contributed by atoms with Crippen molar-refractivity contribution >= 4 is 35.2 Å². The van der Waals surface area contributed by atoms with Crippen LogP contribution in [0.4, 0.5) is 4.79 Å². The van der Waals surface area contributed by atoms with Gasteiger partial charge in [0.15, 0.2) is 5.96 Å². The number of nitrogens with zero attached hydrogens (tertiary/aromatic N) is 4. The number of aromatic nitrogens is 1. The molecule has 7 nitrogen and oxygen atoms in total. The lowest BCUT2D eigenvalue weighted by Crippen LogP contribution is -2.53. The SMILES string of the molecule is CC(C)(C)OC(=O)N1CCN(C(N)=NCCCSc2nccs2)CC1. The summed E-state index contributed by atoms with van der Waals surface area (Å²) >= 11 is 3.40. The van der Waals surface area contributed by atoms with Gasteiger partial charge < -0.3 is 20.3 Å². The maximum Gasteiger partial charge on any atom is 0.410 e. The Kier molecular flexibility index (Phi) is 7.37. The quantitative estimate of drug-likeness (QED) is 0.363. The van der Waals surface area contributed by atoms with Crippen LogP contribution in [-0.2, 0) is 4.74 Å². The van der Waals surface area contributed by atoms with Crippen LogP contribution in [0, 0.1) is 0 Å². The Hall–Kier alpha value is -1.48. The van der Waals surface area contributed by atoms with Crippen LogP contribution in [0.1, 0.15) is 27.2 Å². The molecule has 2 rings (SSSR count). The molecule has 2 N–H and O–H groups in total. The summed E-state index contributed by atoms with van der Waals surface area (Å²) in [4.78, 5) is 24.5. The number of rotatable bonds is 5. The summed E-state index contributed by atoms with van der Waals surface area (Å²) < 4.78 is 6.49. The molecule has 1 aliphatic heterocycles. The molecule has 1 fully saturated rings. The second-order valence-electron chi connectivity index (χ2n) is 6.69. The van der Waals surface area contributed by atoms with Crippen LogP contribution >= 0.6 is 23.1 Å². The van der Waals surface area contributed by atoms with Gasteiger partial charge in [-0.05, 0) is 27.2 Å². The molecule has 0 atom stereocenters. The van der Waals surface area contributed by atoms with Crippen LogP contribution in [0.5, 0.6) is 0 Å². The van der Waals surface area contributed by atoms with E-state index >= 15 is 0 Å². The van der Waals surface area contributed by atoms with E-state index in [1.165, 1.54) is 0 Å². The van der Waals surface area contributed by atoms with E-state index < -0.39 is 5.60 Å². The highest BCUT2D eigenvalue weighted by Crippen LogP contribution is 2.20. The average Bonchev–Trinajstić information content (AvgIpc) is 3.06. The lowest BCUT2D eigenvalue weighted by atomic mass is 10.2. The second-order valence-corrected chi connectivity index (χ2v) is 8.93. The first-order valence-corrected chi connectivity index (χ1v) is 10.3. The molecule has 0 spiro atoms. The number of carbonyl (C=O) groups excluding carboxylic acids is 1. The first kappa shape index (κ1) is 19.8. The molecule has 1 amide bonds. The molecule has 140 valence electrons. The van der Waals surface area contributed by atoms with Gasteiger partial charge in [-0.1, -0.05) is 11.8 Å². The minimum atomic E-state index is -0.467. The zero-order chi connectivity index (χ0) is 18.3. The number of thioether (sulfide) groups is 1. The number of thiazole rings is 1. The van der Waals surface area contributed by atoms with Gasteiger partial charge in [0, 0.05) is 50.1 Å². The summed E-state index contributed by atoms with van der Waals surface area (Å²) in [6, 6.07) is 0. The molecule has 0 radical (unpaired) electrons. The fourth-order valence-electron chi connectivity index (χ4n) is 2.24. The Morgan fingerprint density at radius 1 is 1.36 bits per heavy atom. The Morgan fingerprint density at radius 2 is 2.04 bits per heavy atom. The third-order valence-corrected chi connectivity index (χ3v) is 5.52. The van der Waals surface area contributed by atoms with Crippen LogP contribution in [0.25, 0.3) is 0 Å². The van der Waals surface area contributed by atoms with Gasteiger partial charge in [0.1, 0.15) is 9.94 Å². The number of guanidine groups is 1. The fourth-order valence-corrected chi connectivity index (χ4v) is 3.88. The summed E-state index contributed by atoms with van der Waals surface area (Å²) in [5.74, 6) is 1.54. The topological polar surface area (TPSA) is 84.0 Å². The number of nitrogens with two attached hydrogens (primary N) is 1. The van der Waals surface area contributed by atoms with Gasteiger partial charge in [0.2, 0.25) is 0 Å². The molecule has 1 aromatic heterocycles.